The quantitative estimate of drug-likeness (QED) is 0.835. The summed E-state index contributed by atoms with van der Waals surface area (Å²) in [5.41, 5.74) is 5.09. The number of aliphatic imine (C=N–C) groups is 1. The molecule has 2 saturated heterocycles. The molecule has 0 spiro atoms. The topological polar surface area (TPSA) is 31.7 Å². The summed E-state index contributed by atoms with van der Waals surface area (Å²) < 4.78 is 0. The highest BCUT2D eigenvalue weighted by Crippen LogP contribution is 2.36. The summed E-state index contributed by atoms with van der Waals surface area (Å²) in [7, 11) is 2.26. The first-order chi connectivity index (χ1) is 13.2. The summed E-state index contributed by atoms with van der Waals surface area (Å²) in [4.78, 5) is 14.4. The van der Waals surface area contributed by atoms with Crippen LogP contribution in [-0.4, -0.2) is 66.8 Å². The van der Waals surface area contributed by atoms with Gasteiger partial charge < -0.3 is 9.80 Å². The van der Waals surface area contributed by atoms with Gasteiger partial charge in [-0.1, -0.05) is 25.1 Å². The Labute approximate surface area is 162 Å². The van der Waals surface area contributed by atoms with Crippen molar-refractivity contribution in [2.45, 2.75) is 25.7 Å². The number of likely N-dealkylation sites (tertiary alicyclic amines) is 2. The van der Waals surface area contributed by atoms with E-state index in [2.05, 4.69) is 53.0 Å². The van der Waals surface area contributed by atoms with Crippen LogP contribution in [0.4, 0.5) is 0 Å². The van der Waals surface area contributed by atoms with Crippen LogP contribution < -0.4 is 0 Å². The van der Waals surface area contributed by atoms with E-state index >= 15 is 0 Å². The van der Waals surface area contributed by atoms with Crippen LogP contribution in [0.3, 0.4) is 0 Å². The molecular formula is C23H30N4. The molecule has 3 unspecified atom stereocenters. The number of benzene rings is 1. The third-order valence-corrected chi connectivity index (χ3v) is 6.61. The van der Waals surface area contributed by atoms with Gasteiger partial charge in [0.15, 0.2) is 0 Å². The van der Waals surface area contributed by atoms with E-state index in [1.807, 2.05) is 6.20 Å². The van der Waals surface area contributed by atoms with Crippen LogP contribution in [0.25, 0.3) is 10.9 Å². The number of aromatic nitrogens is 1. The summed E-state index contributed by atoms with van der Waals surface area (Å²) in [6, 6.07) is 8.98. The van der Waals surface area contributed by atoms with Crippen LogP contribution in [0.1, 0.15) is 36.8 Å². The molecular weight excluding hydrogens is 332 g/mol. The number of fused-ring (bicyclic) bond motifs is 1. The molecule has 0 bridgehead atoms. The summed E-state index contributed by atoms with van der Waals surface area (Å²) in [5, 5.41) is 1.34. The van der Waals surface area contributed by atoms with E-state index in [0.29, 0.717) is 5.92 Å². The third-order valence-electron chi connectivity index (χ3n) is 6.61. The fourth-order valence-electron chi connectivity index (χ4n) is 5.37. The Hall–Kier alpha value is -1.78. The molecule has 5 rings (SSSR count). The van der Waals surface area contributed by atoms with Crippen molar-refractivity contribution in [3.8, 4) is 0 Å². The van der Waals surface area contributed by atoms with Crippen LogP contribution in [0, 0.1) is 11.8 Å². The summed E-state index contributed by atoms with van der Waals surface area (Å²) in [5.74, 6) is 2.20. The van der Waals surface area contributed by atoms with Gasteiger partial charge in [-0.25, -0.2) is 0 Å². The van der Waals surface area contributed by atoms with E-state index in [9.17, 15) is 0 Å². The molecule has 3 aliphatic heterocycles. The first-order valence-electron chi connectivity index (χ1n) is 10.5. The minimum atomic E-state index is 0.606. The van der Waals surface area contributed by atoms with Crippen molar-refractivity contribution in [3.63, 3.8) is 0 Å². The van der Waals surface area contributed by atoms with Crippen LogP contribution in [-0.2, 0) is 0 Å². The Balaban J connectivity index is 1.42. The zero-order valence-corrected chi connectivity index (χ0v) is 16.6. The Bertz CT molecular complexity index is 874. The number of hydrogen-bond donors (Lipinski definition) is 0. The molecule has 2 aromatic rings. The zero-order valence-electron chi connectivity index (χ0n) is 16.6. The number of nitrogens with zero attached hydrogens (tertiary/aromatic N) is 4. The van der Waals surface area contributed by atoms with Crippen molar-refractivity contribution in [1.82, 2.24) is 14.8 Å². The predicted octanol–water partition coefficient (Wildman–Crippen LogP) is 3.41. The van der Waals surface area contributed by atoms with Crippen molar-refractivity contribution < 1.29 is 0 Å². The second-order valence-electron chi connectivity index (χ2n) is 9.04. The maximum absolute atomic E-state index is 4.73. The molecule has 1 aromatic heterocycles. The lowest BCUT2D eigenvalue weighted by Gasteiger charge is -2.38. The fraction of sp³-hybridized carbons (Fsp3) is 0.565. The molecule has 0 N–H and O–H groups in total. The minimum Gasteiger partial charge on any atom is -0.306 e. The largest absolute Gasteiger partial charge is 0.306 e. The van der Waals surface area contributed by atoms with Gasteiger partial charge >= 0.3 is 0 Å². The smallest absolute Gasteiger partial charge is 0.0818 e. The van der Waals surface area contributed by atoms with E-state index < -0.39 is 0 Å². The average Bonchev–Trinajstić information content (AvgIpc) is 3.43. The fourth-order valence-corrected chi connectivity index (χ4v) is 5.37. The van der Waals surface area contributed by atoms with E-state index in [1.165, 1.54) is 67.8 Å². The Morgan fingerprint density at radius 2 is 2.04 bits per heavy atom. The lowest BCUT2D eigenvalue weighted by Crippen LogP contribution is -2.41. The standard InChI is InChI=1S/C23H30N4/c1-16-10-18(15-27(12-16)14-17-7-9-26(2)13-17)19-5-6-21(22-11-25-22)23-20(19)4-3-8-24-23/h3-6,8,16-18H,7,9-15H2,1-2H3. The molecule has 4 nitrogen and oxygen atoms in total. The van der Waals surface area contributed by atoms with Crippen molar-refractivity contribution in [2.24, 2.45) is 16.8 Å². The van der Waals surface area contributed by atoms with Crippen LogP contribution >= 0.6 is 0 Å². The molecule has 4 heterocycles. The van der Waals surface area contributed by atoms with Gasteiger partial charge in [0.2, 0.25) is 0 Å². The van der Waals surface area contributed by atoms with Crippen molar-refractivity contribution in [2.75, 3.05) is 46.3 Å². The van der Waals surface area contributed by atoms with Gasteiger partial charge in [0.05, 0.1) is 17.8 Å². The van der Waals surface area contributed by atoms with E-state index in [1.54, 1.807) is 0 Å². The predicted molar refractivity (Wildman–Crippen MR) is 112 cm³/mol. The van der Waals surface area contributed by atoms with E-state index in [0.717, 1.165) is 23.9 Å². The minimum absolute atomic E-state index is 0.606. The average molecular weight is 363 g/mol. The number of piperidine rings is 1. The van der Waals surface area contributed by atoms with Gasteiger partial charge in [-0.3, -0.25) is 9.98 Å². The van der Waals surface area contributed by atoms with Gasteiger partial charge in [0.1, 0.15) is 0 Å². The van der Waals surface area contributed by atoms with E-state index in [-0.39, 0.29) is 0 Å². The molecule has 3 aliphatic rings. The highest BCUT2D eigenvalue weighted by Gasteiger charge is 2.30. The monoisotopic (exact) mass is 362 g/mol. The van der Waals surface area contributed by atoms with Gasteiger partial charge in [0.25, 0.3) is 0 Å². The maximum atomic E-state index is 4.73. The first-order valence-corrected chi connectivity index (χ1v) is 10.5. The lowest BCUT2D eigenvalue weighted by atomic mass is 9.82. The number of pyridine rings is 1. The SMILES string of the molecule is CC1CC(c2ccc(C3=NC3)c3ncccc23)CN(CC2CCN(C)C2)C1. The molecule has 0 saturated carbocycles. The Morgan fingerprint density at radius 1 is 1.15 bits per heavy atom. The molecule has 1 aromatic carbocycles. The van der Waals surface area contributed by atoms with E-state index in [4.69, 9.17) is 4.98 Å². The highest BCUT2D eigenvalue weighted by molar-refractivity contribution is 6.17. The Morgan fingerprint density at radius 3 is 2.81 bits per heavy atom. The molecule has 0 aliphatic carbocycles. The van der Waals surface area contributed by atoms with Crippen molar-refractivity contribution >= 4 is 16.6 Å². The zero-order chi connectivity index (χ0) is 18.4. The van der Waals surface area contributed by atoms with Gasteiger partial charge in [-0.05, 0) is 55.8 Å². The summed E-state index contributed by atoms with van der Waals surface area (Å²) in [6.45, 7) is 9.54. The molecule has 0 amide bonds. The number of hydrogen-bond acceptors (Lipinski definition) is 4. The molecule has 0 radical (unpaired) electrons. The molecule has 3 atom stereocenters. The van der Waals surface area contributed by atoms with Gasteiger partial charge in [-0.15, -0.1) is 0 Å². The normalized spacial score (nSPS) is 29.3. The molecule has 2 fully saturated rings. The second kappa shape index (κ2) is 6.99. The third kappa shape index (κ3) is 3.53. The van der Waals surface area contributed by atoms with Crippen molar-refractivity contribution in [3.05, 3.63) is 41.6 Å². The van der Waals surface area contributed by atoms with Crippen molar-refractivity contribution in [1.29, 1.82) is 0 Å². The van der Waals surface area contributed by atoms with Gasteiger partial charge in [-0.2, -0.15) is 0 Å². The highest BCUT2D eigenvalue weighted by atomic mass is 15.2. The maximum Gasteiger partial charge on any atom is 0.0818 e. The molecule has 142 valence electrons. The summed E-state index contributed by atoms with van der Waals surface area (Å²) in [6.07, 6.45) is 4.56. The second-order valence-corrected chi connectivity index (χ2v) is 9.04. The number of rotatable bonds is 4. The Kier molecular flexibility index (Phi) is 4.49. The first kappa shape index (κ1) is 17.3. The van der Waals surface area contributed by atoms with Crippen LogP contribution in [0.15, 0.2) is 35.5 Å². The lowest BCUT2D eigenvalue weighted by molar-refractivity contribution is 0.143. The molecule has 27 heavy (non-hydrogen) atoms. The van der Waals surface area contributed by atoms with Crippen LogP contribution in [0.2, 0.25) is 0 Å². The molecule has 4 heteroatoms. The summed E-state index contributed by atoms with van der Waals surface area (Å²) >= 11 is 0. The van der Waals surface area contributed by atoms with Gasteiger partial charge in [0, 0.05) is 43.3 Å². The van der Waals surface area contributed by atoms with Crippen LogP contribution in [0.5, 0.6) is 0 Å².